The van der Waals surface area contributed by atoms with Gasteiger partial charge in [0.25, 0.3) is 0 Å². The van der Waals surface area contributed by atoms with E-state index in [0.717, 1.165) is 4.43 Å². The first-order chi connectivity index (χ1) is 3.18. The van der Waals surface area contributed by atoms with Gasteiger partial charge in [-0.1, -0.05) is 45.2 Å². The first-order valence-electron chi connectivity index (χ1n) is 2.04. The maximum absolute atomic E-state index is 10.4. The van der Waals surface area contributed by atoms with Crippen molar-refractivity contribution in [1.29, 1.82) is 0 Å². The van der Waals surface area contributed by atoms with E-state index in [0.29, 0.717) is 3.92 Å². The molecule has 43 valence electrons. The summed E-state index contributed by atoms with van der Waals surface area (Å²) in [6.07, 6.45) is -0.405. The van der Waals surface area contributed by atoms with Crippen LogP contribution in [0.3, 0.4) is 0 Å². The number of hydrogen-bond donors (Lipinski definition) is 0. The summed E-state index contributed by atoms with van der Waals surface area (Å²) in [5.74, 6) is 0. The van der Waals surface area contributed by atoms with E-state index in [1.165, 1.54) is 0 Å². The summed E-state index contributed by atoms with van der Waals surface area (Å²) >= 11 is 4.40. The van der Waals surface area contributed by atoms with Crippen molar-refractivity contribution in [2.75, 3.05) is 4.43 Å². The summed E-state index contributed by atoms with van der Waals surface area (Å²) in [6.45, 7) is 1.70. The summed E-state index contributed by atoms with van der Waals surface area (Å²) < 4.78 is 1.27. The molecule has 0 N–H and O–H groups in total. The van der Waals surface area contributed by atoms with Crippen molar-refractivity contribution in [3.8, 4) is 0 Å². The third-order valence-corrected chi connectivity index (χ3v) is 4.74. The third-order valence-electron chi connectivity index (χ3n) is 0.657. The molecule has 0 aliphatic carbocycles. The molecule has 1 radical (unpaired) electrons. The molecule has 0 aliphatic heterocycles. The largest absolute Gasteiger partial charge is 0.232 e. The van der Waals surface area contributed by atoms with Gasteiger partial charge in [-0.25, -0.2) is 5.11 Å². The summed E-state index contributed by atoms with van der Waals surface area (Å²) in [5.41, 5.74) is 0. The van der Waals surface area contributed by atoms with Crippen LogP contribution in [0.25, 0.3) is 0 Å². The Kier molecular flexibility index (Phi) is 5.19. The first-order valence-corrected chi connectivity index (χ1v) is 4.81. The molecule has 0 heterocycles. The first kappa shape index (κ1) is 8.42. The minimum atomic E-state index is -0.405. The van der Waals surface area contributed by atoms with E-state index in [1.807, 2.05) is 0 Å². The Morgan fingerprint density at radius 3 is 2.14 bits per heavy atom. The number of alkyl halides is 2. The molecule has 0 aromatic carbocycles. The molecule has 3 heteroatoms. The van der Waals surface area contributed by atoms with E-state index >= 15 is 0 Å². The summed E-state index contributed by atoms with van der Waals surface area (Å²) in [4.78, 5) is 0. The highest BCUT2D eigenvalue weighted by Gasteiger charge is 2.08. The monoisotopic (exact) mass is 325 g/mol. The van der Waals surface area contributed by atoms with Gasteiger partial charge in [0.05, 0.1) is 0 Å². The van der Waals surface area contributed by atoms with Crippen LogP contribution in [0.2, 0.25) is 0 Å². The second kappa shape index (κ2) is 4.31. The second-order valence-corrected chi connectivity index (χ2v) is 3.86. The Bertz CT molecular complexity index is 47.0. The van der Waals surface area contributed by atoms with Gasteiger partial charge in [0.2, 0.25) is 0 Å². The fourth-order valence-electron chi connectivity index (χ4n) is 0.125. The van der Waals surface area contributed by atoms with Crippen molar-refractivity contribution >= 4 is 45.2 Å². The summed E-state index contributed by atoms with van der Waals surface area (Å²) in [7, 11) is 0. The van der Waals surface area contributed by atoms with Crippen molar-refractivity contribution in [1.82, 2.24) is 0 Å². The quantitative estimate of drug-likeness (QED) is 0.547. The van der Waals surface area contributed by atoms with E-state index in [9.17, 15) is 5.11 Å². The minimum absolute atomic E-state index is 0.304. The Morgan fingerprint density at radius 2 is 2.14 bits per heavy atom. The highest BCUT2D eigenvalue weighted by molar-refractivity contribution is 14.1. The van der Waals surface area contributed by atoms with Crippen molar-refractivity contribution in [3.05, 3.63) is 0 Å². The molecule has 0 spiro atoms. The molecular weight excluding hydrogens is 318 g/mol. The van der Waals surface area contributed by atoms with Crippen molar-refractivity contribution in [2.24, 2.45) is 0 Å². The zero-order valence-corrected chi connectivity index (χ0v) is 8.34. The van der Waals surface area contributed by atoms with E-state index in [2.05, 4.69) is 45.2 Å². The maximum atomic E-state index is 10.4. The predicted molar refractivity (Wildman–Crippen MR) is 46.8 cm³/mol. The van der Waals surface area contributed by atoms with Gasteiger partial charge in [0.1, 0.15) is 6.10 Å². The van der Waals surface area contributed by atoms with Gasteiger partial charge in [-0.2, -0.15) is 0 Å². The molecule has 0 bridgehead atoms. The Labute approximate surface area is 71.2 Å². The zero-order chi connectivity index (χ0) is 5.86. The number of rotatable bonds is 2. The molecule has 0 aromatic heterocycles. The van der Waals surface area contributed by atoms with Gasteiger partial charge in [-0.15, -0.1) is 0 Å². The maximum Gasteiger partial charge on any atom is 0.103 e. The van der Waals surface area contributed by atoms with Crippen LogP contribution >= 0.6 is 45.2 Å². The topological polar surface area (TPSA) is 19.9 Å². The van der Waals surface area contributed by atoms with Crippen LogP contribution in [0, 0.1) is 0 Å². The van der Waals surface area contributed by atoms with Crippen molar-refractivity contribution in [3.63, 3.8) is 0 Å². The lowest BCUT2D eigenvalue weighted by molar-refractivity contribution is 0.112. The molecule has 7 heavy (non-hydrogen) atoms. The number of hydrogen-bond acceptors (Lipinski definition) is 0. The Morgan fingerprint density at radius 1 is 1.71 bits per heavy atom. The molecule has 0 aromatic rings. The van der Waals surface area contributed by atoms with Gasteiger partial charge in [0.15, 0.2) is 0 Å². The van der Waals surface area contributed by atoms with Crippen LogP contribution in [-0.2, 0) is 5.11 Å². The fraction of sp³-hybridized carbons (Fsp3) is 1.00. The third kappa shape index (κ3) is 3.96. The van der Waals surface area contributed by atoms with Crippen LogP contribution in [0.15, 0.2) is 0 Å². The molecule has 0 rings (SSSR count). The average Bonchev–Trinajstić information content (AvgIpc) is 1.65. The average molecular weight is 325 g/mol. The molecular formula is C4H7I2O. The molecule has 0 amide bonds. The molecule has 2 unspecified atom stereocenters. The molecule has 0 saturated carbocycles. The van der Waals surface area contributed by atoms with Gasteiger partial charge in [0, 0.05) is 8.35 Å². The highest BCUT2D eigenvalue weighted by atomic mass is 127. The van der Waals surface area contributed by atoms with Crippen LogP contribution in [0.4, 0.5) is 0 Å². The van der Waals surface area contributed by atoms with Crippen LogP contribution < -0.4 is 0 Å². The lowest BCUT2D eigenvalue weighted by atomic mass is 10.3. The number of halogens is 2. The minimum Gasteiger partial charge on any atom is -0.232 e. The Balaban J connectivity index is 3.14. The second-order valence-electron chi connectivity index (χ2n) is 1.38. The zero-order valence-electron chi connectivity index (χ0n) is 4.03. The lowest BCUT2D eigenvalue weighted by Gasteiger charge is -2.03. The van der Waals surface area contributed by atoms with E-state index in [-0.39, 0.29) is 0 Å². The normalized spacial score (nSPS) is 18.9. The fourth-order valence-corrected chi connectivity index (χ4v) is 0.842. The van der Waals surface area contributed by atoms with E-state index < -0.39 is 6.10 Å². The SMILES string of the molecule is CC([O])C(I)CI. The van der Waals surface area contributed by atoms with Crippen LogP contribution in [0.5, 0.6) is 0 Å². The van der Waals surface area contributed by atoms with Crippen molar-refractivity contribution < 1.29 is 5.11 Å². The van der Waals surface area contributed by atoms with E-state index in [1.54, 1.807) is 6.92 Å². The van der Waals surface area contributed by atoms with Crippen LogP contribution in [0.1, 0.15) is 6.92 Å². The highest BCUT2D eigenvalue weighted by Crippen LogP contribution is 2.08. The lowest BCUT2D eigenvalue weighted by Crippen LogP contribution is -2.14. The molecule has 0 fully saturated rings. The van der Waals surface area contributed by atoms with Gasteiger partial charge in [-0.3, -0.25) is 0 Å². The van der Waals surface area contributed by atoms with Crippen molar-refractivity contribution in [2.45, 2.75) is 17.0 Å². The van der Waals surface area contributed by atoms with Gasteiger partial charge < -0.3 is 0 Å². The molecule has 2 atom stereocenters. The molecule has 1 nitrogen and oxygen atoms in total. The van der Waals surface area contributed by atoms with Crippen LogP contribution in [-0.4, -0.2) is 14.5 Å². The van der Waals surface area contributed by atoms with Gasteiger partial charge >= 0.3 is 0 Å². The summed E-state index contributed by atoms with van der Waals surface area (Å²) in [5, 5.41) is 10.4. The Hall–Kier alpha value is 1.42. The smallest absolute Gasteiger partial charge is 0.103 e. The molecule has 0 saturated heterocycles. The van der Waals surface area contributed by atoms with E-state index in [4.69, 9.17) is 0 Å². The standard InChI is InChI=1S/C4H7I2O/c1-3(7)4(6)2-5/h3-4H,2H2,1H3. The molecule has 0 aliphatic rings. The summed E-state index contributed by atoms with van der Waals surface area (Å²) in [6, 6.07) is 0. The predicted octanol–water partition coefficient (Wildman–Crippen LogP) is 2.04. The van der Waals surface area contributed by atoms with Gasteiger partial charge in [-0.05, 0) is 6.92 Å².